The van der Waals surface area contributed by atoms with E-state index in [1.165, 1.54) is 6.92 Å². The quantitative estimate of drug-likeness (QED) is 0.714. The van der Waals surface area contributed by atoms with E-state index in [1.807, 2.05) is 60.7 Å². The molecule has 0 spiro atoms. The summed E-state index contributed by atoms with van der Waals surface area (Å²) < 4.78 is 30.6. The van der Waals surface area contributed by atoms with Gasteiger partial charge in [0.15, 0.2) is 5.78 Å². The van der Waals surface area contributed by atoms with E-state index in [4.69, 9.17) is 4.65 Å². The summed E-state index contributed by atoms with van der Waals surface area (Å²) >= 11 is 0. The Labute approximate surface area is 146 Å². The highest BCUT2D eigenvalue weighted by molar-refractivity contribution is 6.35. The number of halogens is 2. The van der Waals surface area contributed by atoms with E-state index in [0.29, 0.717) is 12.0 Å². The molecule has 3 rings (SSSR count). The molecule has 0 amide bonds. The van der Waals surface area contributed by atoms with E-state index in [-0.39, 0.29) is 17.5 Å². The fourth-order valence-electron chi connectivity index (χ4n) is 3.22. The lowest BCUT2D eigenvalue weighted by molar-refractivity contribution is -0.114. The second-order valence-electron chi connectivity index (χ2n) is 5.92. The summed E-state index contributed by atoms with van der Waals surface area (Å²) in [5.74, 6) is -0.609. The van der Waals surface area contributed by atoms with Crippen LogP contribution in [0.15, 0.2) is 78.1 Å². The van der Waals surface area contributed by atoms with Crippen LogP contribution in [0.1, 0.15) is 30.4 Å². The van der Waals surface area contributed by atoms with Gasteiger partial charge < -0.3 is 4.65 Å². The van der Waals surface area contributed by atoms with Crippen molar-refractivity contribution in [1.82, 2.24) is 0 Å². The van der Waals surface area contributed by atoms with Gasteiger partial charge >= 0.3 is 7.47 Å². The van der Waals surface area contributed by atoms with Crippen LogP contribution in [-0.4, -0.2) is 13.3 Å². The van der Waals surface area contributed by atoms with Gasteiger partial charge in [0.1, 0.15) is 5.76 Å². The van der Waals surface area contributed by atoms with Crippen molar-refractivity contribution < 1.29 is 18.1 Å². The lowest BCUT2D eigenvalue weighted by atomic mass is 9.78. The molecule has 0 saturated carbocycles. The maximum absolute atomic E-state index is 12.9. The molecule has 25 heavy (non-hydrogen) atoms. The third kappa shape index (κ3) is 3.87. The summed E-state index contributed by atoms with van der Waals surface area (Å²) in [5, 5.41) is 0. The molecule has 5 heteroatoms. The molecule has 0 bridgehead atoms. The molecule has 2 aromatic rings. The molecular formula is C20H17BF2O2. The van der Waals surface area contributed by atoms with E-state index in [2.05, 4.69) is 0 Å². The number of allylic oxidation sites excluding steroid dienone is 3. The third-order valence-corrected chi connectivity index (χ3v) is 4.29. The van der Waals surface area contributed by atoms with Gasteiger partial charge in [-0.25, -0.2) is 8.63 Å². The number of hydrogen-bond donors (Lipinski definition) is 0. The minimum absolute atomic E-state index is 0.0403. The van der Waals surface area contributed by atoms with Gasteiger partial charge in [-0.3, -0.25) is 4.79 Å². The number of carbonyl (C=O) groups is 1. The van der Waals surface area contributed by atoms with Crippen LogP contribution in [0.25, 0.3) is 5.57 Å². The molecule has 0 radical (unpaired) electrons. The van der Waals surface area contributed by atoms with Crippen molar-refractivity contribution in [1.29, 1.82) is 0 Å². The molecule has 0 N–H and O–H groups in total. The van der Waals surface area contributed by atoms with Crippen LogP contribution >= 0.6 is 0 Å². The maximum Gasteiger partial charge on any atom is 0.796 e. The van der Waals surface area contributed by atoms with Gasteiger partial charge in [-0.2, -0.15) is 0 Å². The van der Waals surface area contributed by atoms with Gasteiger partial charge in [0.05, 0.1) is 0 Å². The smallest absolute Gasteiger partial charge is 0.505 e. The summed E-state index contributed by atoms with van der Waals surface area (Å²) in [6, 6.07) is 19.0. The van der Waals surface area contributed by atoms with Gasteiger partial charge in [-0.15, -0.1) is 0 Å². The van der Waals surface area contributed by atoms with E-state index in [9.17, 15) is 13.4 Å². The average molecular weight is 338 g/mol. The highest BCUT2D eigenvalue weighted by Crippen LogP contribution is 2.41. The van der Waals surface area contributed by atoms with Gasteiger partial charge in [-0.1, -0.05) is 60.7 Å². The maximum atomic E-state index is 12.9. The molecule has 0 heterocycles. The minimum atomic E-state index is -2.98. The molecule has 1 unspecified atom stereocenters. The summed E-state index contributed by atoms with van der Waals surface area (Å²) in [7, 11) is -2.98. The van der Waals surface area contributed by atoms with Crippen molar-refractivity contribution in [3.63, 3.8) is 0 Å². The second-order valence-corrected chi connectivity index (χ2v) is 5.92. The topological polar surface area (TPSA) is 26.3 Å². The highest BCUT2D eigenvalue weighted by Gasteiger charge is 2.32. The lowest BCUT2D eigenvalue weighted by Gasteiger charge is -2.27. The Balaban J connectivity index is 2.13. The van der Waals surface area contributed by atoms with Crippen molar-refractivity contribution in [3.05, 3.63) is 89.2 Å². The van der Waals surface area contributed by atoms with E-state index >= 15 is 0 Å². The number of rotatable bonds is 5. The molecule has 2 aromatic carbocycles. The van der Waals surface area contributed by atoms with Crippen LogP contribution in [-0.2, 0) is 9.45 Å². The zero-order valence-corrected chi connectivity index (χ0v) is 13.8. The molecular weight excluding hydrogens is 321 g/mol. The monoisotopic (exact) mass is 338 g/mol. The molecule has 1 aliphatic rings. The Hall–Kier alpha value is -2.69. The number of carbonyl (C=O) groups excluding carboxylic acids is 1. The van der Waals surface area contributed by atoms with Crippen LogP contribution in [0.3, 0.4) is 0 Å². The summed E-state index contributed by atoms with van der Waals surface area (Å²) in [6.45, 7) is 1.39. The van der Waals surface area contributed by atoms with Crippen molar-refractivity contribution in [2.75, 3.05) is 0 Å². The number of ketones is 1. The molecule has 1 atom stereocenters. The largest absolute Gasteiger partial charge is 0.796 e. The molecule has 1 aliphatic carbocycles. The molecule has 126 valence electrons. The van der Waals surface area contributed by atoms with E-state index in [0.717, 1.165) is 16.7 Å². The van der Waals surface area contributed by atoms with Crippen molar-refractivity contribution >= 4 is 18.8 Å². The summed E-state index contributed by atoms with van der Waals surface area (Å²) in [4.78, 5) is 12.2. The Morgan fingerprint density at radius 1 is 1.04 bits per heavy atom. The van der Waals surface area contributed by atoms with Crippen LogP contribution in [0.4, 0.5) is 8.63 Å². The third-order valence-electron chi connectivity index (χ3n) is 4.29. The standard InChI is InChI=1S/C20H17BF2O2/c1-14(24)20-18(16-10-6-3-7-11-16)12-17(13-19(20)25-21(22)23)15-8-4-2-5-9-15/h2-11,13,18H,12H2,1H3. The van der Waals surface area contributed by atoms with Crippen molar-refractivity contribution in [3.8, 4) is 0 Å². The first-order valence-electron chi connectivity index (χ1n) is 8.07. The fraction of sp³-hybridized carbons (Fsp3) is 0.150. The Morgan fingerprint density at radius 2 is 1.64 bits per heavy atom. The van der Waals surface area contributed by atoms with E-state index < -0.39 is 7.47 Å². The normalized spacial score (nSPS) is 17.1. The first kappa shape index (κ1) is 17.1. The predicted octanol–water partition coefficient (Wildman–Crippen LogP) is 5.04. The molecule has 0 aromatic heterocycles. The van der Waals surface area contributed by atoms with Gasteiger partial charge in [0, 0.05) is 11.5 Å². The molecule has 0 aliphatic heterocycles. The van der Waals surface area contributed by atoms with Crippen LogP contribution in [0.5, 0.6) is 0 Å². The molecule has 2 nitrogen and oxygen atoms in total. The first-order chi connectivity index (χ1) is 12.1. The first-order valence-corrected chi connectivity index (χ1v) is 8.07. The van der Waals surface area contributed by atoms with Crippen LogP contribution in [0.2, 0.25) is 0 Å². The number of hydrogen-bond acceptors (Lipinski definition) is 2. The zero-order chi connectivity index (χ0) is 17.8. The zero-order valence-electron chi connectivity index (χ0n) is 13.8. The SMILES string of the molecule is CC(=O)C1=C(OB(F)F)C=C(c2ccccc2)CC1c1ccccc1. The van der Waals surface area contributed by atoms with Crippen LogP contribution < -0.4 is 0 Å². The van der Waals surface area contributed by atoms with Gasteiger partial charge in [0.25, 0.3) is 0 Å². The Bertz CT molecular complexity index is 814. The Morgan fingerprint density at radius 3 is 2.20 bits per heavy atom. The molecule has 0 fully saturated rings. The van der Waals surface area contributed by atoms with Gasteiger partial charge in [0.2, 0.25) is 0 Å². The van der Waals surface area contributed by atoms with Crippen molar-refractivity contribution in [2.24, 2.45) is 0 Å². The second kappa shape index (κ2) is 7.47. The fourth-order valence-corrected chi connectivity index (χ4v) is 3.22. The Kier molecular flexibility index (Phi) is 5.12. The summed E-state index contributed by atoms with van der Waals surface area (Å²) in [5.41, 5.74) is 3.01. The van der Waals surface area contributed by atoms with Crippen molar-refractivity contribution in [2.45, 2.75) is 19.3 Å². The lowest BCUT2D eigenvalue weighted by Crippen LogP contribution is -2.19. The summed E-state index contributed by atoms with van der Waals surface area (Å²) in [6.07, 6.45) is 2.12. The average Bonchev–Trinajstić information content (AvgIpc) is 2.62. The predicted molar refractivity (Wildman–Crippen MR) is 95.0 cm³/mol. The van der Waals surface area contributed by atoms with Crippen LogP contribution in [0, 0.1) is 0 Å². The minimum Gasteiger partial charge on any atom is -0.505 e. The number of Topliss-reactive ketones (excluding diaryl/α,β-unsaturated/α-hetero) is 1. The highest BCUT2D eigenvalue weighted by atomic mass is 19.2. The van der Waals surface area contributed by atoms with E-state index in [1.54, 1.807) is 6.08 Å². The number of benzene rings is 2. The van der Waals surface area contributed by atoms with Gasteiger partial charge in [-0.05, 0) is 36.1 Å². The molecule has 0 saturated heterocycles.